The Kier molecular flexibility index (Phi) is 5.20. The lowest BCUT2D eigenvalue weighted by Crippen LogP contribution is -1.94. The van der Waals surface area contributed by atoms with Gasteiger partial charge < -0.3 is 4.57 Å². The van der Waals surface area contributed by atoms with E-state index in [2.05, 4.69) is 150 Å². The quantitative estimate of drug-likeness (QED) is 0.206. The Morgan fingerprint density at radius 2 is 1.16 bits per heavy atom. The summed E-state index contributed by atoms with van der Waals surface area (Å²) >= 11 is 0. The van der Waals surface area contributed by atoms with E-state index >= 15 is 0 Å². The third-order valence-electron chi connectivity index (χ3n) is 8.55. The van der Waals surface area contributed by atoms with Crippen LogP contribution < -0.4 is 0 Å². The van der Waals surface area contributed by atoms with E-state index in [0.29, 0.717) is 0 Å². The van der Waals surface area contributed by atoms with Crippen molar-refractivity contribution in [3.63, 3.8) is 0 Å². The Hall–Kier alpha value is -5.80. The smallest absolute Gasteiger partial charge is 0.0795 e. The Labute approximate surface area is 248 Å². The summed E-state index contributed by atoms with van der Waals surface area (Å²) < 4.78 is 2.37. The Morgan fingerprint density at radius 1 is 0.419 bits per heavy atom. The molecule has 0 atom stereocenters. The summed E-state index contributed by atoms with van der Waals surface area (Å²) in [6.07, 6.45) is 0. The Morgan fingerprint density at radius 3 is 2.07 bits per heavy atom. The molecule has 3 heteroatoms. The molecular weight excluding hydrogens is 522 g/mol. The van der Waals surface area contributed by atoms with E-state index in [1.165, 1.54) is 32.6 Å². The molecule has 0 fully saturated rings. The van der Waals surface area contributed by atoms with Crippen LogP contribution in [-0.4, -0.2) is 14.5 Å². The molecule has 0 amide bonds. The van der Waals surface area contributed by atoms with Crippen LogP contribution in [0.1, 0.15) is 0 Å². The van der Waals surface area contributed by atoms with Crippen molar-refractivity contribution >= 4 is 54.4 Å². The molecule has 43 heavy (non-hydrogen) atoms. The van der Waals surface area contributed by atoms with Gasteiger partial charge in [-0.2, -0.15) is 0 Å². The second-order valence-electron chi connectivity index (χ2n) is 11.0. The number of hydrogen-bond acceptors (Lipinski definition) is 2. The van der Waals surface area contributed by atoms with Gasteiger partial charge >= 0.3 is 0 Å². The molecule has 0 saturated heterocycles. The van der Waals surface area contributed by atoms with E-state index in [9.17, 15) is 0 Å². The topological polar surface area (TPSA) is 30.7 Å². The number of aromatic nitrogens is 3. The van der Waals surface area contributed by atoms with Crippen LogP contribution in [0.4, 0.5) is 0 Å². The van der Waals surface area contributed by atoms with Crippen molar-refractivity contribution in [2.75, 3.05) is 0 Å². The van der Waals surface area contributed by atoms with Gasteiger partial charge in [-0.25, -0.2) is 9.97 Å². The molecule has 9 aromatic rings. The number of fused-ring (bicyclic) bond motifs is 8. The molecule has 0 N–H and O–H groups in total. The number of para-hydroxylation sites is 4. The summed E-state index contributed by atoms with van der Waals surface area (Å²) in [5, 5.41) is 7.12. The van der Waals surface area contributed by atoms with Gasteiger partial charge in [0.05, 0.1) is 33.5 Å². The van der Waals surface area contributed by atoms with Gasteiger partial charge in [0, 0.05) is 43.7 Å². The minimum absolute atomic E-state index is 0.955. The monoisotopic (exact) mass is 547 g/mol. The average molecular weight is 548 g/mol. The summed E-state index contributed by atoms with van der Waals surface area (Å²) in [6, 6.07) is 53.6. The van der Waals surface area contributed by atoms with Crippen LogP contribution in [0, 0.1) is 0 Å². The molecule has 0 aliphatic rings. The van der Waals surface area contributed by atoms with Crippen molar-refractivity contribution in [1.82, 2.24) is 14.5 Å². The van der Waals surface area contributed by atoms with Gasteiger partial charge in [0.2, 0.25) is 0 Å². The average Bonchev–Trinajstić information content (AvgIpc) is 3.42. The third-order valence-corrected chi connectivity index (χ3v) is 8.55. The van der Waals surface area contributed by atoms with Gasteiger partial charge in [-0.15, -0.1) is 0 Å². The molecule has 0 unspecified atom stereocenters. The Bertz CT molecular complexity index is 2510. The molecule has 0 aliphatic heterocycles. The zero-order valence-electron chi connectivity index (χ0n) is 23.3. The summed E-state index contributed by atoms with van der Waals surface area (Å²) in [5.41, 5.74) is 9.58. The molecule has 9 rings (SSSR count). The number of nitrogens with zero attached hydrogens (tertiary/aromatic N) is 3. The van der Waals surface area contributed by atoms with Crippen LogP contribution >= 0.6 is 0 Å². The predicted octanol–water partition coefficient (Wildman–Crippen LogP) is 10.4. The standard InChI is InChI=1S/C40H25N3/c1-2-14-29(15-3-1)43-36-20-9-6-17-32(36)38-37(43)24-22-31-30-16-5-8-19-35(30)42-40(39(31)38)28-13-10-12-27(25-28)34-23-21-26-11-4-7-18-33(26)41-34/h1-25H. The second kappa shape index (κ2) is 9.37. The zero-order chi connectivity index (χ0) is 28.3. The van der Waals surface area contributed by atoms with Crippen molar-refractivity contribution < 1.29 is 0 Å². The molecule has 3 heterocycles. The van der Waals surface area contributed by atoms with Crippen LogP contribution in [0.25, 0.3) is 82.6 Å². The van der Waals surface area contributed by atoms with E-state index < -0.39 is 0 Å². The van der Waals surface area contributed by atoms with Gasteiger partial charge in [0.1, 0.15) is 0 Å². The zero-order valence-corrected chi connectivity index (χ0v) is 23.3. The minimum Gasteiger partial charge on any atom is -0.309 e. The van der Waals surface area contributed by atoms with E-state index in [-0.39, 0.29) is 0 Å². The maximum absolute atomic E-state index is 5.37. The van der Waals surface area contributed by atoms with E-state index in [4.69, 9.17) is 9.97 Å². The molecule has 0 bridgehead atoms. The molecular formula is C40H25N3. The van der Waals surface area contributed by atoms with Crippen molar-refractivity contribution in [3.8, 4) is 28.2 Å². The normalized spacial score (nSPS) is 11.7. The second-order valence-corrected chi connectivity index (χ2v) is 11.0. The molecule has 0 saturated carbocycles. The van der Waals surface area contributed by atoms with Gasteiger partial charge in [0.15, 0.2) is 0 Å². The fourth-order valence-corrected chi connectivity index (χ4v) is 6.62. The third kappa shape index (κ3) is 3.68. The lowest BCUT2D eigenvalue weighted by Gasteiger charge is -2.13. The van der Waals surface area contributed by atoms with E-state index in [0.717, 1.165) is 50.0 Å². The molecule has 3 aromatic heterocycles. The first-order valence-corrected chi connectivity index (χ1v) is 14.6. The Balaban J connectivity index is 1.39. The highest BCUT2D eigenvalue weighted by atomic mass is 15.0. The molecule has 3 nitrogen and oxygen atoms in total. The van der Waals surface area contributed by atoms with Gasteiger partial charge in [-0.05, 0) is 53.9 Å². The lowest BCUT2D eigenvalue weighted by atomic mass is 9.95. The molecule has 200 valence electrons. The number of pyridine rings is 2. The van der Waals surface area contributed by atoms with Crippen molar-refractivity contribution in [2.24, 2.45) is 0 Å². The summed E-state index contributed by atoms with van der Waals surface area (Å²) in [7, 11) is 0. The van der Waals surface area contributed by atoms with Crippen molar-refractivity contribution in [1.29, 1.82) is 0 Å². The van der Waals surface area contributed by atoms with E-state index in [1.807, 2.05) is 6.07 Å². The highest BCUT2D eigenvalue weighted by molar-refractivity contribution is 6.28. The van der Waals surface area contributed by atoms with Crippen molar-refractivity contribution in [2.45, 2.75) is 0 Å². The summed E-state index contributed by atoms with van der Waals surface area (Å²) in [5.74, 6) is 0. The molecule has 0 spiro atoms. The maximum atomic E-state index is 5.37. The number of benzene rings is 6. The highest BCUT2D eigenvalue weighted by Gasteiger charge is 2.20. The maximum Gasteiger partial charge on any atom is 0.0795 e. The fourth-order valence-electron chi connectivity index (χ4n) is 6.62. The molecule has 6 aromatic carbocycles. The van der Waals surface area contributed by atoms with Gasteiger partial charge in [0.25, 0.3) is 0 Å². The van der Waals surface area contributed by atoms with Crippen LogP contribution in [0.5, 0.6) is 0 Å². The fraction of sp³-hybridized carbons (Fsp3) is 0. The minimum atomic E-state index is 0.955. The number of rotatable bonds is 3. The molecule has 0 radical (unpaired) electrons. The van der Waals surface area contributed by atoms with Crippen LogP contribution in [0.15, 0.2) is 152 Å². The number of hydrogen-bond donors (Lipinski definition) is 0. The van der Waals surface area contributed by atoms with Crippen LogP contribution in [0.3, 0.4) is 0 Å². The lowest BCUT2D eigenvalue weighted by molar-refractivity contribution is 1.18. The van der Waals surface area contributed by atoms with Crippen LogP contribution in [0.2, 0.25) is 0 Å². The first kappa shape index (κ1) is 23.9. The highest BCUT2D eigenvalue weighted by Crippen LogP contribution is 2.43. The summed E-state index contributed by atoms with van der Waals surface area (Å²) in [4.78, 5) is 10.4. The largest absolute Gasteiger partial charge is 0.309 e. The first-order valence-electron chi connectivity index (χ1n) is 14.6. The van der Waals surface area contributed by atoms with E-state index in [1.54, 1.807) is 0 Å². The SMILES string of the molecule is c1ccc(-n2c3ccccc3c3c4c(-c5cccc(-c6ccc7ccccc7n6)c5)nc5ccccc5c4ccc32)cc1. The first-order chi connectivity index (χ1) is 21.3. The van der Waals surface area contributed by atoms with Gasteiger partial charge in [-0.1, -0.05) is 103 Å². The van der Waals surface area contributed by atoms with Gasteiger partial charge in [-0.3, -0.25) is 0 Å². The predicted molar refractivity (Wildman–Crippen MR) is 180 cm³/mol. The summed E-state index contributed by atoms with van der Waals surface area (Å²) in [6.45, 7) is 0. The van der Waals surface area contributed by atoms with Crippen molar-refractivity contribution in [3.05, 3.63) is 152 Å². The van der Waals surface area contributed by atoms with Crippen LogP contribution in [-0.2, 0) is 0 Å². The molecule has 0 aliphatic carbocycles.